The molecule has 0 radical (unpaired) electrons. The first kappa shape index (κ1) is 81.1. The molecule has 2 aliphatic rings. The van der Waals surface area contributed by atoms with Gasteiger partial charge in [-0.25, -0.2) is 0 Å². The van der Waals surface area contributed by atoms with Gasteiger partial charge in [0.1, 0.15) is 48.4 Å². The molecule has 1 saturated heterocycles. The van der Waals surface area contributed by atoms with Gasteiger partial charge in [0.2, 0.25) is 47.3 Å². The van der Waals surface area contributed by atoms with Crippen molar-refractivity contribution in [3.8, 4) is 0 Å². The van der Waals surface area contributed by atoms with Crippen LogP contribution in [0.25, 0.3) is 0 Å². The largest absolute Gasteiger partial charge is 0.390 e. The Morgan fingerprint density at radius 3 is 1.46 bits per heavy atom. The molecule has 1 fully saturated rings. The molecule has 0 spiro atoms. The number of aliphatic hydroxyl groups is 1. The van der Waals surface area contributed by atoms with Crippen LogP contribution in [0.4, 0.5) is 0 Å². The van der Waals surface area contributed by atoms with E-state index in [0.29, 0.717) is 32.6 Å². The van der Waals surface area contributed by atoms with Gasteiger partial charge in [0, 0.05) is 99.4 Å². The fourth-order valence-electron chi connectivity index (χ4n) is 13.1. The van der Waals surface area contributed by atoms with Crippen molar-refractivity contribution in [1.82, 2.24) is 59.3 Å². The second-order valence-corrected chi connectivity index (χ2v) is 29.6. The molecule has 1 aromatic heterocycles. The molecule has 0 bridgehead atoms. The number of rotatable bonds is 16. The van der Waals surface area contributed by atoms with E-state index >= 15 is 19.2 Å². The van der Waals surface area contributed by atoms with E-state index in [2.05, 4.69) is 20.4 Å². The predicted molar refractivity (Wildman–Crippen MR) is 357 cm³/mol. The summed E-state index contributed by atoms with van der Waals surface area (Å²) in [5.41, 5.74) is 0. The van der Waals surface area contributed by atoms with Crippen LogP contribution in [0.3, 0.4) is 0 Å². The zero-order valence-electron chi connectivity index (χ0n) is 61.1. The first-order valence-electron chi connectivity index (χ1n) is 34.1. The lowest BCUT2D eigenvalue weighted by Gasteiger charge is -2.42. The van der Waals surface area contributed by atoms with E-state index in [1.54, 1.807) is 47.9 Å². The van der Waals surface area contributed by atoms with Crippen LogP contribution in [-0.4, -0.2) is 241 Å². The third kappa shape index (κ3) is 21.4. The van der Waals surface area contributed by atoms with Gasteiger partial charge in [0.25, 0.3) is 0 Å². The Balaban J connectivity index is 2.31. The lowest BCUT2D eigenvalue weighted by Crippen LogP contribution is -2.62. The zero-order valence-corrected chi connectivity index (χ0v) is 61.1. The number of likely N-dealkylation sites (N-methyl/N-ethyl adjacent to an activating group) is 7. The van der Waals surface area contributed by atoms with Gasteiger partial charge in [-0.1, -0.05) is 104 Å². The predicted octanol–water partition coefficient (Wildman–Crippen LogP) is 5.46. The number of carbonyl (C=O) groups is 11. The standard InChI is InChI=1S/C69H120N12O12/c1-25-49-35-57(84)60(61(85)45(14)26-27-80-28-29-81-38-70-72-58(81)37-80)79(24)69(93)59(44(12)13)78(23)68(92)54(33-42(8)9)77(22)67(91)53(32-41(6)7)76(21)63(87)47(16)71-62(86)46(15)34-55(82)51(30-39(2)3)75(20)66(90)50(43(10)11)36-56(83)52(31-40(4)5)74(19)64(88)48(17)73(18)65(49)89/h38-54,59-61,85H,25-37H2,1-24H3,(H,71,86)/t45-,46+,47+,48-,49+,50-,51?,52+,53-,54-,59-,60+,61-/m1/s1. The molecule has 0 aromatic carbocycles. The number of hydrogen-bond donors (Lipinski definition) is 2. The Bertz CT molecular complexity index is 2730. The van der Waals surface area contributed by atoms with Crippen molar-refractivity contribution in [2.24, 2.45) is 59.2 Å². The molecule has 3 heterocycles. The van der Waals surface area contributed by atoms with Crippen molar-refractivity contribution < 1.29 is 57.8 Å². The van der Waals surface area contributed by atoms with Crippen molar-refractivity contribution in [2.45, 2.75) is 243 Å². The minimum Gasteiger partial charge on any atom is -0.390 e. The maximum absolute atomic E-state index is 15.5. The van der Waals surface area contributed by atoms with E-state index in [-0.39, 0.29) is 74.4 Å². The monoisotopic (exact) mass is 1310 g/mol. The summed E-state index contributed by atoms with van der Waals surface area (Å²) < 4.78 is 1.97. The molecular weight excluding hydrogens is 1190 g/mol. The molecule has 3 rings (SSSR count). The lowest BCUT2D eigenvalue weighted by molar-refractivity contribution is -0.157. The van der Waals surface area contributed by atoms with Gasteiger partial charge >= 0.3 is 0 Å². The van der Waals surface area contributed by atoms with Crippen molar-refractivity contribution in [3.05, 3.63) is 12.2 Å². The van der Waals surface area contributed by atoms with E-state index in [9.17, 15) is 38.7 Å². The zero-order chi connectivity index (χ0) is 71.1. The van der Waals surface area contributed by atoms with E-state index in [1.807, 2.05) is 73.8 Å². The van der Waals surface area contributed by atoms with Gasteiger partial charge in [0.15, 0.2) is 17.3 Å². The summed E-state index contributed by atoms with van der Waals surface area (Å²) in [5, 5.41) is 23.6. The quantitative estimate of drug-likeness (QED) is 0.208. The number of hydrogen-bond acceptors (Lipinski definition) is 15. The van der Waals surface area contributed by atoms with E-state index in [4.69, 9.17) is 0 Å². The summed E-state index contributed by atoms with van der Waals surface area (Å²) >= 11 is 0. The Kier molecular flexibility index (Phi) is 31.5. The highest BCUT2D eigenvalue weighted by Crippen LogP contribution is 2.30. The van der Waals surface area contributed by atoms with E-state index in [1.165, 1.54) is 90.6 Å². The molecule has 93 heavy (non-hydrogen) atoms. The van der Waals surface area contributed by atoms with Crippen LogP contribution in [0.1, 0.15) is 181 Å². The Morgan fingerprint density at radius 2 is 0.968 bits per heavy atom. The fourth-order valence-corrected chi connectivity index (χ4v) is 13.1. The van der Waals surface area contributed by atoms with Crippen molar-refractivity contribution in [3.63, 3.8) is 0 Å². The summed E-state index contributed by atoms with van der Waals surface area (Å²) in [4.78, 5) is 175. The van der Waals surface area contributed by atoms with Crippen LogP contribution in [0.2, 0.25) is 0 Å². The van der Waals surface area contributed by atoms with Crippen molar-refractivity contribution in [1.29, 1.82) is 0 Å². The second kappa shape index (κ2) is 36.1. The molecule has 1 aromatic rings. The third-order valence-corrected chi connectivity index (χ3v) is 19.4. The topological polar surface area (TPSA) is 277 Å². The average molecular weight is 1310 g/mol. The molecule has 0 aliphatic carbocycles. The molecule has 24 heteroatoms. The van der Waals surface area contributed by atoms with Crippen LogP contribution in [-0.2, 0) is 65.8 Å². The normalized spacial score (nSPS) is 27.5. The average Bonchev–Trinajstić information content (AvgIpc) is 1.40. The first-order chi connectivity index (χ1) is 43.1. The number of nitrogens with one attached hydrogen (secondary N) is 1. The number of amides is 8. The van der Waals surface area contributed by atoms with Crippen molar-refractivity contribution in [2.75, 3.05) is 62.4 Å². The van der Waals surface area contributed by atoms with Gasteiger partial charge in [-0.15, -0.1) is 10.2 Å². The van der Waals surface area contributed by atoms with Gasteiger partial charge in [0.05, 0.1) is 24.7 Å². The van der Waals surface area contributed by atoms with Crippen LogP contribution in [0.15, 0.2) is 6.33 Å². The number of carbonyl (C=O) groups excluding carboxylic acids is 11. The summed E-state index contributed by atoms with van der Waals surface area (Å²) in [6.07, 6.45) is 0.538. The third-order valence-electron chi connectivity index (χ3n) is 19.4. The minimum absolute atomic E-state index is 0.0734. The molecule has 2 N–H and O–H groups in total. The molecule has 1 unspecified atom stereocenters. The molecule has 0 saturated carbocycles. The van der Waals surface area contributed by atoms with Gasteiger partial charge in [-0.3, -0.25) is 57.6 Å². The second-order valence-electron chi connectivity index (χ2n) is 29.6. The summed E-state index contributed by atoms with van der Waals surface area (Å²) in [7, 11) is 10.3. The summed E-state index contributed by atoms with van der Waals surface area (Å²) in [6, 6.07) is -9.39. The van der Waals surface area contributed by atoms with Crippen LogP contribution >= 0.6 is 0 Å². The minimum atomic E-state index is -1.53. The highest BCUT2D eigenvalue weighted by Gasteiger charge is 2.46. The summed E-state index contributed by atoms with van der Waals surface area (Å²) in [6.45, 7) is 32.8. The van der Waals surface area contributed by atoms with Gasteiger partial charge < -0.3 is 49.3 Å². The number of aromatic nitrogens is 3. The van der Waals surface area contributed by atoms with Gasteiger partial charge in [-0.05, 0) is 100 Å². The Hall–Kier alpha value is -6.17. The molecule has 528 valence electrons. The number of aliphatic hydroxyl groups excluding tert-OH is 1. The molecule has 24 nitrogen and oxygen atoms in total. The number of Topliss-reactive ketones (excluding diaryl/α,β-unsaturated/α-hetero) is 3. The number of fused-ring (bicyclic) bond motifs is 1. The first-order valence-corrected chi connectivity index (χ1v) is 34.1. The SMILES string of the molecule is CC[C@H]1CC(=O)[C@@H]([C@H](O)[C@H](C)CCN2CCn3cnnc3C2)N(C)C(=O)[C@@H](C(C)C)N(C)C(=O)[C@@H](CC(C)C)N(C)C(=O)[C@@H](CC(C)C)N(C)C(=O)[C@H](C)NC(=O)[C@@H](C)CC(=O)C(CC(C)C)N(C)C(=O)[C@@H](C(C)C)CC(=O)[C@H](CC(C)C)N(C)C(=O)[C@@H](C)N(C)C1=O. The van der Waals surface area contributed by atoms with Crippen molar-refractivity contribution >= 4 is 64.6 Å². The molecule has 8 amide bonds. The molecule has 2 aliphatic heterocycles. The van der Waals surface area contributed by atoms with E-state index in [0.717, 1.165) is 5.82 Å². The number of nitrogens with zero attached hydrogens (tertiary/aromatic N) is 11. The fraction of sp³-hybridized carbons (Fsp3) is 0.812. The highest BCUT2D eigenvalue weighted by atomic mass is 16.3. The molecular formula is C69H120N12O12. The maximum Gasteiger partial charge on any atom is 0.246 e. The summed E-state index contributed by atoms with van der Waals surface area (Å²) in [5.74, 6) is -10.2. The molecule has 13 atom stereocenters. The van der Waals surface area contributed by atoms with Gasteiger partial charge in [-0.2, -0.15) is 0 Å². The smallest absolute Gasteiger partial charge is 0.246 e. The number of ketones is 3. The van der Waals surface area contributed by atoms with Crippen LogP contribution in [0, 0.1) is 59.2 Å². The Morgan fingerprint density at radius 1 is 0.505 bits per heavy atom. The lowest BCUT2D eigenvalue weighted by atomic mass is 9.84. The highest BCUT2D eigenvalue weighted by molar-refractivity contribution is 6.00. The van der Waals surface area contributed by atoms with E-state index < -0.39 is 155 Å². The maximum atomic E-state index is 15.5. The Labute approximate surface area is 556 Å². The van der Waals surface area contributed by atoms with Crippen LogP contribution < -0.4 is 5.32 Å². The van der Waals surface area contributed by atoms with Crippen LogP contribution in [0.5, 0.6) is 0 Å².